The van der Waals surface area contributed by atoms with Crippen molar-refractivity contribution in [3.8, 4) is 0 Å². The van der Waals surface area contributed by atoms with Crippen LogP contribution in [0.25, 0.3) is 4.85 Å². The van der Waals surface area contributed by atoms with Crippen molar-refractivity contribution in [1.29, 1.82) is 0 Å². The zero-order valence-electron chi connectivity index (χ0n) is 47.7. The first kappa shape index (κ1) is 60.5. The van der Waals surface area contributed by atoms with E-state index in [2.05, 4.69) is 166 Å². The van der Waals surface area contributed by atoms with Crippen LogP contribution in [0, 0.1) is 12.4 Å². The molecule has 12 rings (SSSR count). The Bertz CT molecular complexity index is 3410. The van der Waals surface area contributed by atoms with Crippen molar-refractivity contribution >= 4 is 64.1 Å². The quantitative estimate of drug-likeness (QED) is 0.0663. The van der Waals surface area contributed by atoms with Gasteiger partial charge in [0.2, 0.25) is 0 Å². The minimum absolute atomic E-state index is 0.302. The number of fused-ring (bicyclic) bond motifs is 6. The van der Waals surface area contributed by atoms with Gasteiger partial charge in [-0.2, -0.15) is 0 Å². The number of alkyl halides is 1. The molecule has 0 aromatic heterocycles. The molecule has 2 saturated heterocycles. The molecule has 8 aromatic carbocycles. The molecule has 8 aromatic rings. The summed E-state index contributed by atoms with van der Waals surface area (Å²) >= 11 is 6.29. The van der Waals surface area contributed by atoms with Crippen molar-refractivity contribution in [3.63, 3.8) is 0 Å². The fraction of sp³-hybridized carbons (Fsp3) is 0.290. The van der Waals surface area contributed by atoms with Gasteiger partial charge in [0.05, 0.1) is 6.57 Å². The van der Waals surface area contributed by atoms with Crippen LogP contribution in [-0.2, 0) is 13.1 Å². The van der Waals surface area contributed by atoms with Crippen LogP contribution in [0.5, 0.6) is 0 Å². The van der Waals surface area contributed by atoms with E-state index in [4.69, 9.17) is 18.0 Å². The third kappa shape index (κ3) is 15.6. The normalized spacial score (nSPS) is 17.9. The van der Waals surface area contributed by atoms with E-state index in [-0.39, 0.29) is 11.8 Å². The Balaban J connectivity index is 0.000000132. The van der Waals surface area contributed by atoms with Crippen LogP contribution in [0.4, 0.5) is 25.8 Å². The Morgan fingerprint density at radius 3 is 1.41 bits per heavy atom. The maximum Gasteiger partial charge on any atom is 0.189 e. The summed E-state index contributed by atoms with van der Waals surface area (Å²) in [7, 11) is 8.18. The SMILES string of the molecule is CN(C)Cc1ccccc1Sc1ccc([18F])cc1N.[11CH3]Sc1ccc([C@@H]2CN3CCC[C@@H]3c3ccccc32)cc1.[18F]CSc1ccc([C@@H]2CN3CCC[C@@H]3c3ccccc32)cc1.[C-]#[N+]c1ccc(Sc2ccccc2CN(C)[11CH3])c(N)c1. The van der Waals surface area contributed by atoms with Crippen LogP contribution in [0.3, 0.4) is 0 Å². The number of anilines is 2. The van der Waals surface area contributed by atoms with Crippen molar-refractivity contribution in [2.45, 2.75) is 92.1 Å². The molecule has 4 heterocycles. The summed E-state index contributed by atoms with van der Waals surface area (Å²) in [6, 6.07) is 63.0. The van der Waals surface area contributed by atoms with E-state index >= 15 is 0 Å². The van der Waals surface area contributed by atoms with Gasteiger partial charge in [-0.3, -0.25) is 9.80 Å². The lowest BCUT2D eigenvalue weighted by Crippen LogP contribution is -2.34. The van der Waals surface area contributed by atoms with E-state index in [0.29, 0.717) is 41.0 Å². The number of nitrogens with two attached hydrogens (primary N) is 2. The molecule has 0 saturated carbocycles. The summed E-state index contributed by atoms with van der Waals surface area (Å²) in [5, 5.41) is 0. The Labute approximate surface area is 503 Å². The molecule has 0 amide bonds. The number of hydrogen-bond donors (Lipinski definition) is 2. The highest BCUT2D eigenvalue weighted by Gasteiger charge is 2.37. The van der Waals surface area contributed by atoms with Gasteiger partial charge in [0.25, 0.3) is 0 Å². The van der Waals surface area contributed by atoms with Crippen LogP contribution in [0.15, 0.2) is 211 Å². The summed E-state index contributed by atoms with van der Waals surface area (Å²) in [4.78, 5) is 19.6. The number of hydrogen-bond acceptors (Lipinski definition) is 10. The van der Waals surface area contributed by atoms with Gasteiger partial charge in [0.15, 0.2) is 5.69 Å². The Morgan fingerprint density at radius 1 is 0.537 bits per heavy atom. The number of rotatable bonds is 13. The Hall–Kier alpha value is -6.05. The highest BCUT2D eigenvalue weighted by atomic mass is 32.2. The van der Waals surface area contributed by atoms with Gasteiger partial charge >= 0.3 is 0 Å². The molecule has 0 bridgehead atoms. The van der Waals surface area contributed by atoms with E-state index < -0.39 is 0 Å². The monoisotopic (exact) mass is 1160 g/mol. The Morgan fingerprint density at radius 2 is 0.976 bits per heavy atom. The van der Waals surface area contributed by atoms with Crippen molar-refractivity contribution in [2.24, 2.45) is 0 Å². The van der Waals surface area contributed by atoms with Crippen molar-refractivity contribution in [2.75, 3.05) is 78.1 Å². The molecule has 4 atom stereocenters. The lowest BCUT2D eigenvalue weighted by atomic mass is 9.82. The molecule has 13 heteroatoms. The van der Waals surface area contributed by atoms with E-state index in [0.717, 1.165) is 39.2 Å². The molecule has 4 N–H and O–H groups in total. The van der Waals surface area contributed by atoms with Gasteiger partial charge in [0, 0.05) is 90.8 Å². The second-order valence-corrected chi connectivity index (χ2v) is 25.7. The highest BCUT2D eigenvalue weighted by molar-refractivity contribution is 8.00. The molecule has 7 nitrogen and oxygen atoms in total. The van der Waals surface area contributed by atoms with Crippen molar-refractivity contribution in [1.82, 2.24) is 19.6 Å². The second-order valence-electron chi connectivity index (χ2n) is 21.7. The predicted molar refractivity (Wildman–Crippen MR) is 344 cm³/mol. The van der Waals surface area contributed by atoms with Crippen LogP contribution < -0.4 is 11.5 Å². The third-order valence-corrected chi connectivity index (χ3v) is 19.4. The van der Waals surface area contributed by atoms with Gasteiger partial charge in [0.1, 0.15) is 11.8 Å². The van der Waals surface area contributed by atoms with Gasteiger partial charge in [-0.05, 0) is 178 Å². The maximum absolute atomic E-state index is 13.0. The zero-order chi connectivity index (χ0) is 57.5. The second kappa shape index (κ2) is 29.5. The van der Waals surface area contributed by atoms with E-state index in [1.807, 2.05) is 56.2 Å². The molecular formula is C69H75F2N7S4. The minimum Gasteiger partial charge on any atom is -0.399 e. The lowest BCUT2D eigenvalue weighted by molar-refractivity contribution is 0.230. The molecule has 0 unspecified atom stereocenters. The predicted octanol–water partition coefficient (Wildman–Crippen LogP) is 17.3. The highest BCUT2D eigenvalue weighted by Crippen LogP contribution is 2.46. The van der Waals surface area contributed by atoms with Crippen LogP contribution in [0.1, 0.15) is 94.1 Å². The number of nitrogen functional groups attached to an aromatic ring is 2. The van der Waals surface area contributed by atoms with E-state index in [1.54, 1.807) is 52.8 Å². The average molecular weight is 1160 g/mol. The molecule has 4 aliphatic heterocycles. The van der Waals surface area contributed by atoms with Crippen molar-refractivity contribution < 1.29 is 8.78 Å². The summed E-state index contributed by atoms with van der Waals surface area (Å²) in [6.45, 7) is 13.5. The topological polar surface area (TPSA) is 69.4 Å². The smallest absolute Gasteiger partial charge is 0.189 e. The first-order chi connectivity index (χ1) is 39.9. The van der Waals surface area contributed by atoms with Gasteiger partial charge in [-0.25, -0.2) is 13.6 Å². The molecule has 0 radical (unpaired) electrons. The van der Waals surface area contributed by atoms with Gasteiger partial charge in [-0.1, -0.05) is 157 Å². The average Bonchev–Trinajstić information content (AvgIpc) is 4.19. The zero-order valence-corrected chi connectivity index (χ0v) is 51.0. The maximum atomic E-state index is 13.0. The largest absolute Gasteiger partial charge is 0.399 e. The number of benzene rings is 8. The summed E-state index contributed by atoms with van der Waals surface area (Å²) in [6.07, 6.45) is 7.40. The summed E-state index contributed by atoms with van der Waals surface area (Å²) < 4.78 is 25.5. The first-order valence-electron chi connectivity index (χ1n) is 28.1. The van der Waals surface area contributed by atoms with Crippen LogP contribution >= 0.6 is 47.0 Å². The van der Waals surface area contributed by atoms with Gasteiger partial charge < -0.3 is 21.3 Å². The third-order valence-electron chi connectivity index (χ3n) is 15.5. The molecule has 82 heavy (non-hydrogen) atoms. The molecule has 0 spiro atoms. The fourth-order valence-corrected chi connectivity index (χ4v) is 14.5. The number of thioether (sulfide) groups is 2. The molecule has 0 aliphatic carbocycles. The van der Waals surface area contributed by atoms with Gasteiger partial charge in [-0.15, -0.1) is 11.8 Å². The van der Waals surface area contributed by atoms with Crippen LogP contribution in [0.2, 0.25) is 0 Å². The standard InChI is InChI=1S/C19H20FNS.C19H21NS.C16H17N3S.C15H17FN2S/c20-13-22-15-9-7-14(8-10-15)18-12-21-11-3-6-19(21)17-5-2-1-4-16(17)18;1-21-15-10-8-14(9-11-15)18-13-20-12-4-7-19(20)17-6-3-2-5-16(17)18;1-18-13-8-9-16(14(17)10-13)20-15-7-5-4-6-12(15)11-19(2)3;1-18(2)10-11-5-3-4-6-14(11)19-15-8-7-12(16)9-13(15)17/h1-2,4-5,7-10,18-19H,3,6,11-13H2;2-3,5-6,8-11,18-19H,4,7,12-13H2,1H3;4-10H,11,17H2,2-3H3;3-9H,10,17H2,1-2H3/t2*18-,19+;;/m00../s1/i20-1;1-1;2-1;16-1. The lowest BCUT2D eigenvalue weighted by Gasteiger charge is -2.37. The molecule has 2 fully saturated rings. The molecular weight excluding hydrogens is 1090 g/mol. The first-order valence-corrected chi connectivity index (χ1v) is 31.9. The number of nitrogens with zero attached hydrogens (tertiary/aromatic N) is 5. The van der Waals surface area contributed by atoms with Crippen LogP contribution in [-0.4, -0.2) is 86.2 Å². The summed E-state index contributed by atoms with van der Waals surface area (Å²) in [5.74, 6) is 0.671. The number of halogens is 2. The minimum atomic E-state index is -0.360. The Kier molecular flexibility index (Phi) is 21.8. The molecule has 424 valence electrons. The molecule has 4 aliphatic rings. The van der Waals surface area contributed by atoms with E-state index in [9.17, 15) is 8.78 Å². The fourth-order valence-electron chi connectivity index (χ4n) is 11.7. The van der Waals surface area contributed by atoms with E-state index in [1.165, 1.54) is 112 Å². The van der Waals surface area contributed by atoms with Crippen molar-refractivity contribution in [3.05, 3.63) is 244 Å². The summed E-state index contributed by atoms with van der Waals surface area (Å²) in [5.41, 5.74) is 25.0.